The monoisotopic (exact) mass is 245 g/mol. The lowest BCUT2D eigenvalue weighted by Gasteiger charge is -2.13. The number of nitrogens with zero attached hydrogens (tertiary/aromatic N) is 1. The molecule has 0 bridgehead atoms. The van der Waals surface area contributed by atoms with E-state index in [0.717, 1.165) is 7.11 Å². The summed E-state index contributed by atoms with van der Waals surface area (Å²) in [6, 6.07) is 0.260. The van der Waals surface area contributed by atoms with E-state index in [1.54, 1.807) is 0 Å². The van der Waals surface area contributed by atoms with E-state index >= 15 is 0 Å². The van der Waals surface area contributed by atoms with Crippen LogP contribution in [-0.2, 0) is 12.4 Å². The Labute approximate surface area is 85.9 Å². The second-order valence-corrected chi connectivity index (χ2v) is 2.77. The Morgan fingerprint density at radius 2 is 1.62 bits per heavy atom. The molecule has 0 N–H and O–H groups in total. The normalized spacial score (nSPS) is 12.7. The summed E-state index contributed by atoms with van der Waals surface area (Å²) >= 11 is 0. The summed E-state index contributed by atoms with van der Waals surface area (Å²) in [7, 11) is 0.840. The van der Waals surface area contributed by atoms with Gasteiger partial charge in [-0.15, -0.1) is 0 Å². The van der Waals surface area contributed by atoms with Gasteiger partial charge in [-0.2, -0.15) is 26.3 Å². The fourth-order valence-electron chi connectivity index (χ4n) is 0.968. The molecule has 0 amide bonds. The summed E-state index contributed by atoms with van der Waals surface area (Å²) < 4.78 is 77.4. The minimum Gasteiger partial charge on any atom is -0.494 e. The Morgan fingerprint density at radius 1 is 1.06 bits per heavy atom. The van der Waals surface area contributed by atoms with E-state index in [1.807, 2.05) is 0 Å². The van der Waals surface area contributed by atoms with Crippen LogP contribution >= 0.6 is 0 Å². The molecule has 0 fully saturated rings. The number of aromatic nitrogens is 1. The van der Waals surface area contributed by atoms with E-state index in [9.17, 15) is 26.3 Å². The van der Waals surface area contributed by atoms with Gasteiger partial charge < -0.3 is 4.74 Å². The molecule has 1 aromatic heterocycles. The highest BCUT2D eigenvalue weighted by Gasteiger charge is 2.39. The Bertz CT molecular complexity index is 383. The molecule has 0 aromatic carbocycles. The van der Waals surface area contributed by atoms with Gasteiger partial charge in [-0.05, 0) is 6.07 Å². The lowest BCUT2D eigenvalue weighted by atomic mass is 10.2. The minimum absolute atomic E-state index is 0.116. The zero-order chi connectivity index (χ0) is 12.6. The molecule has 2 nitrogen and oxygen atoms in total. The maximum absolute atomic E-state index is 12.2. The van der Waals surface area contributed by atoms with Crippen LogP contribution in [0.1, 0.15) is 11.3 Å². The fourth-order valence-corrected chi connectivity index (χ4v) is 0.968. The lowest BCUT2D eigenvalue weighted by molar-refractivity contribution is -0.145. The topological polar surface area (TPSA) is 22.1 Å². The third-order valence-corrected chi connectivity index (χ3v) is 1.67. The van der Waals surface area contributed by atoms with E-state index in [-0.39, 0.29) is 12.3 Å². The summed E-state index contributed by atoms with van der Waals surface area (Å²) in [5, 5.41) is 0. The fraction of sp³-hybridized carbons (Fsp3) is 0.375. The first-order valence-electron chi connectivity index (χ1n) is 3.84. The quantitative estimate of drug-likeness (QED) is 0.709. The van der Waals surface area contributed by atoms with Crippen LogP contribution in [0.25, 0.3) is 0 Å². The maximum Gasteiger partial charge on any atom is 0.437 e. The van der Waals surface area contributed by atoms with Crippen LogP contribution in [0, 0.1) is 0 Å². The van der Waals surface area contributed by atoms with Crippen LogP contribution in [0.5, 0.6) is 5.75 Å². The van der Waals surface area contributed by atoms with Crippen LogP contribution in [-0.4, -0.2) is 12.1 Å². The predicted octanol–water partition coefficient (Wildman–Crippen LogP) is 3.13. The molecule has 0 spiro atoms. The van der Waals surface area contributed by atoms with Gasteiger partial charge in [-0.25, -0.2) is 4.98 Å². The number of ether oxygens (including phenoxy) is 1. The van der Waals surface area contributed by atoms with E-state index in [4.69, 9.17) is 0 Å². The van der Waals surface area contributed by atoms with Crippen LogP contribution in [0.2, 0.25) is 0 Å². The number of hydrogen-bond donors (Lipinski definition) is 0. The number of pyridine rings is 1. The average molecular weight is 245 g/mol. The van der Waals surface area contributed by atoms with Gasteiger partial charge in [0, 0.05) is 6.20 Å². The molecule has 0 aliphatic heterocycles. The Kier molecular flexibility index (Phi) is 3.02. The minimum atomic E-state index is -4.85. The molecule has 0 unspecified atom stereocenters. The van der Waals surface area contributed by atoms with Crippen molar-refractivity contribution < 1.29 is 31.1 Å². The molecule has 1 rings (SSSR count). The molecular formula is C8H5F6NO. The molecule has 0 radical (unpaired) electrons. The Balaban J connectivity index is 3.28. The van der Waals surface area contributed by atoms with Gasteiger partial charge in [0.2, 0.25) is 0 Å². The smallest absolute Gasteiger partial charge is 0.437 e. The van der Waals surface area contributed by atoms with Crippen LogP contribution in [0.3, 0.4) is 0 Å². The van der Waals surface area contributed by atoms with Crippen molar-refractivity contribution in [1.29, 1.82) is 0 Å². The molecular weight excluding hydrogens is 240 g/mol. The van der Waals surface area contributed by atoms with Gasteiger partial charge in [-0.3, -0.25) is 0 Å². The maximum atomic E-state index is 12.2. The highest BCUT2D eigenvalue weighted by atomic mass is 19.4. The lowest BCUT2D eigenvalue weighted by Crippen LogP contribution is -2.13. The van der Waals surface area contributed by atoms with Crippen molar-refractivity contribution in [2.24, 2.45) is 0 Å². The first-order valence-corrected chi connectivity index (χ1v) is 3.84. The van der Waals surface area contributed by atoms with E-state index < -0.39 is 29.4 Å². The summed E-state index contributed by atoms with van der Waals surface area (Å²) in [6.45, 7) is 0. The van der Waals surface area contributed by atoms with E-state index in [2.05, 4.69) is 9.72 Å². The molecule has 1 heterocycles. The average Bonchev–Trinajstić information content (AvgIpc) is 2.14. The van der Waals surface area contributed by atoms with Gasteiger partial charge in [0.1, 0.15) is 5.75 Å². The number of halogens is 6. The van der Waals surface area contributed by atoms with E-state index in [0.29, 0.717) is 0 Å². The second kappa shape index (κ2) is 3.84. The molecule has 0 saturated carbocycles. The van der Waals surface area contributed by atoms with Gasteiger partial charge >= 0.3 is 12.4 Å². The van der Waals surface area contributed by atoms with E-state index in [1.165, 1.54) is 0 Å². The molecule has 0 aliphatic carbocycles. The van der Waals surface area contributed by atoms with Crippen molar-refractivity contribution in [2.75, 3.05) is 7.11 Å². The first-order chi connectivity index (χ1) is 7.16. The molecule has 0 saturated heterocycles. The second-order valence-electron chi connectivity index (χ2n) is 2.77. The molecule has 1 aromatic rings. The zero-order valence-electron chi connectivity index (χ0n) is 7.78. The summed E-state index contributed by atoms with van der Waals surface area (Å²) in [4.78, 5) is 2.72. The highest BCUT2D eigenvalue weighted by molar-refractivity contribution is 5.34. The molecule has 16 heavy (non-hydrogen) atoms. The van der Waals surface area contributed by atoms with Crippen molar-refractivity contribution in [3.63, 3.8) is 0 Å². The first kappa shape index (κ1) is 12.6. The number of hydrogen-bond acceptors (Lipinski definition) is 2. The van der Waals surface area contributed by atoms with Gasteiger partial charge in [0.15, 0.2) is 5.69 Å². The standard InChI is InChI=1S/C8H5F6NO/c1-16-5-2-4(7(9,10)11)3-15-6(5)8(12,13)14/h2-3H,1H3. The molecule has 0 atom stereocenters. The number of alkyl halides is 6. The van der Waals surface area contributed by atoms with Gasteiger partial charge in [0.05, 0.1) is 12.7 Å². The largest absolute Gasteiger partial charge is 0.494 e. The number of rotatable bonds is 1. The van der Waals surface area contributed by atoms with Crippen molar-refractivity contribution >= 4 is 0 Å². The SMILES string of the molecule is COc1cc(C(F)(F)F)cnc1C(F)(F)F. The number of methoxy groups -OCH3 is 1. The van der Waals surface area contributed by atoms with Crippen LogP contribution in [0.15, 0.2) is 12.3 Å². The Morgan fingerprint density at radius 3 is 2.00 bits per heavy atom. The summed E-state index contributed by atoms with van der Waals surface area (Å²) in [6.07, 6.45) is -9.49. The molecule has 8 heteroatoms. The third-order valence-electron chi connectivity index (χ3n) is 1.67. The van der Waals surface area contributed by atoms with Crippen molar-refractivity contribution in [3.8, 4) is 5.75 Å². The zero-order valence-corrected chi connectivity index (χ0v) is 7.78. The predicted molar refractivity (Wildman–Crippen MR) is 40.8 cm³/mol. The molecule has 0 aliphatic rings. The van der Waals surface area contributed by atoms with Crippen molar-refractivity contribution in [3.05, 3.63) is 23.5 Å². The summed E-state index contributed by atoms with van der Waals surface area (Å²) in [5.74, 6) is -0.956. The van der Waals surface area contributed by atoms with Crippen molar-refractivity contribution in [2.45, 2.75) is 12.4 Å². The van der Waals surface area contributed by atoms with Crippen LogP contribution < -0.4 is 4.74 Å². The van der Waals surface area contributed by atoms with Crippen LogP contribution in [0.4, 0.5) is 26.3 Å². The van der Waals surface area contributed by atoms with Gasteiger partial charge in [0.25, 0.3) is 0 Å². The molecule has 90 valence electrons. The summed E-state index contributed by atoms with van der Waals surface area (Å²) in [5.41, 5.74) is -2.78. The highest BCUT2D eigenvalue weighted by Crippen LogP contribution is 2.38. The van der Waals surface area contributed by atoms with Gasteiger partial charge in [-0.1, -0.05) is 0 Å². The third kappa shape index (κ3) is 2.56. The Hall–Kier alpha value is -1.47. The van der Waals surface area contributed by atoms with Crippen molar-refractivity contribution in [1.82, 2.24) is 4.98 Å².